The molecule has 0 aliphatic carbocycles. The molecule has 5 rings (SSSR count). The number of fused-ring (bicyclic) bond motifs is 1. The molecule has 0 bridgehead atoms. The molecule has 0 spiro atoms. The van der Waals surface area contributed by atoms with Crippen molar-refractivity contribution in [2.24, 2.45) is 0 Å². The lowest BCUT2D eigenvalue weighted by molar-refractivity contribution is 0.0987. The van der Waals surface area contributed by atoms with Crippen LogP contribution < -0.4 is 10.2 Å². The largest absolute Gasteiger partial charge is 0.461 e. The Labute approximate surface area is 171 Å². The first-order chi connectivity index (χ1) is 14.7. The first kappa shape index (κ1) is 17.9. The first-order valence-corrected chi connectivity index (χ1v) is 9.51. The van der Waals surface area contributed by atoms with Gasteiger partial charge in [-0.15, -0.1) is 0 Å². The normalized spacial score (nSPS) is 12.6. The number of hydrogen-bond donors (Lipinski definition) is 1. The molecule has 1 aliphatic heterocycles. The second-order valence-electron chi connectivity index (χ2n) is 6.92. The Morgan fingerprint density at radius 2 is 1.83 bits per heavy atom. The van der Waals surface area contributed by atoms with Crippen LogP contribution in [0.5, 0.6) is 0 Å². The molecule has 2 aromatic heterocycles. The molecular weight excluding hydrogens is 382 g/mol. The van der Waals surface area contributed by atoms with Crippen LogP contribution in [0.4, 0.5) is 11.4 Å². The van der Waals surface area contributed by atoms with Crippen molar-refractivity contribution in [3.05, 3.63) is 89.8 Å². The summed E-state index contributed by atoms with van der Waals surface area (Å²) in [5.41, 5.74) is 3.32. The van der Waals surface area contributed by atoms with Crippen LogP contribution in [0.2, 0.25) is 0 Å². The van der Waals surface area contributed by atoms with Gasteiger partial charge >= 0.3 is 0 Å². The minimum Gasteiger partial charge on any atom is -0.461 e. The third kappa shape index (κ3) is 3.26. The topological polar surface area (TPSA) is 88.6 Å². The monoisotopic (exact) mass is 399 g/mol. The van der Waals surface area contributed by atoms with Crippen molar-refractivity contribution in [3.8, 4) is 11.5 Å². The summed E-state index contributed by atoms with van der Waals surface area (Å²) in [5.74, 6) is 0.474. The van der Waals surface area contributed by atoms with Crippen LogP contribution in [0.3, 0.4) is 0 Å². The lowest BCUT2D eigenvalue weighted by Gasteiger charge is -2.17. The van der Waals surface area contributed by atoms with Gasteiger partial charge < -0.3 is 19.2 Å². The molecule has 2 amide bonds. The van der Waals surface area contributed by atoms with Crippen LogP contribution in [-0.2, 0) is 6.42 Å². The van der Waals surface area contributed by atoms with Gasteiger partial charge in [0.1, 0.15) is 0 Å². The van der Waals surface area contributed by atoms with Gasteiger partial charge in [-0.2, -0.15) is 0 Å². The summed E-state index contributed by atoms with van der Waals surface area (Å²) in [6, 6.07) is 19.7. The number of nitrogens with zero attached hydrogens (tertiary/aromatic N) is 2. The molecule has 0 radical (unpaired) electrons. The van der Waals surface area contributed by atoms with Crippen LogP contribution in [-0.4, -0.2) is 23.5 Å². The zero-order valence-electron chi connectivity index (χ0n) is 15.9. The summed E-state index contributed by atoms with van der Waals surface area (Å²) < 4.78 is 10.4. The number of nitrogens with one attached hydrogen (secondary N) is 1. The van der Waals surface area contributed by atoms with Crippen LogP contribution in [0.1, 0.15) is 26.4 Å². The zero-order chi connectivity index (χ0) is 20.5. The van der Waals surface area contributed by atoms with E-state index in [-0.39, 0.29) is 17.5 Å². The van der Waals surface area contributed by atoms with Gasteiger partial charge in [0.25, 0.3) is 11.8 Å². The molecular formula is C23H17N3O4. The van der Waals surface area contributed by atoms with E-state index >= 15 is 0 Å². The summed E-state index contributed by atoms with van der Waals surface area (Å²) in [5, 5.41) is 6.64. The minimum atomic E-state index is -0.383. The van der Waals surface area contributed by atoms with Crippen LogP contribution in [0.25, 0.3) is 11.5 Å². The lowest BCUT2D eigenvalue weighted by Crippen LogP contribution is -2.28. The fourth-order valence-corrected chi connectivity index (χ4v) is 3.54. The Balaban J connectivity index is 1.32. The van der Waals surface area contributed by atoms with Crippen molar-refractivity contribution in [1.29, 1.82) is 0 Å². The van der Waals surface area contributed by atoms with Crippen LogP contribution >= 0.6 is 0 Å². The average molecular weight is 399 g/mol. The molecule has 1 N–H and O–H groups in total. The summed E-state index contributed by atoms with van der Waals surface area (Å²) in [4.78, 5) is 27.1. The predicted octanol–water partition coefficient (Wildman–Crippen LogP) is 4.39. The molecule has 0 fully saturated rings. The van der Waals surface area contributed by atoms with E-state index in [0.29, 0.717) is 29.3 Å². The summed E-state index contributed by atoms with van der Waals surface area (Å²) in [6.07, 6.45) is 2.25. The smallest absolute Gasteiger partial charge is 0.277 e. The third-order valence-corrected chi connectivity index (χ3v) is 5.01. The maximum absolute atomic E-state index is 12.8. The predicted molar refractivity (Wildman–Crippen MR) is 110 cm³/mol. The summed E-state index contributed by atoms with van der Waals surface area (Å²) in [6.45, 7) is 0.607. The van der Waals surface area contributed by atoms with Crippen molar-refractivity contribution in [3.63, 3.8) is 0 Å². The molecule has 0 saturated carbocycles. The Kier molecular flexibility index (Phi) is 4.40. The second kappa shape index (κ2) is 7.36. The van der Waals surface area contributed by atoms with E-state index in [0.717, 1.165) is 17.7 Å². The van der Waals surface area contributed by atoms with Gasteiger partial charge in [-0.3, -0.25) is 9.59 Å². The number of anilines is 2. The van der Waals surface area contributed by atoms with E-state index in [1.54, 1.807) is 23.1 Å². The zero-order valence-corrected chi connectivity index (χ0v) is 15.9. The van der Waals surface area contributed by atoms with Gasteiger partial charge in [-0.1, -0.05) is 23.4 Å². The molecule has 1 aliphatic rings. The Morgan fingerprint density at radius 3 is 2.63 bits per heavy atom. The molecule has 2 aromatic carbocycles. The van der Waals surface area contributed by atoms with Crippen molar-refractivity contribution in [2.45, 2.75) is 6.42 Å². The van der Waals surface area contributed by atoms with E-state index in [1.807, 2.05) is 42.5 Å². The molecule has 148 valence electrons. The van der Waals surface area contributed by atoms with Gasteiger partial charge in [-0.25, -0.2) is 0 Å². The number of aromatic nitrogens is 1. The van der Waals surface area contributed by atoms with Gasteiger partial charge in [0, 0.05) is 29.5 Å². The lowest BCUT2D eigenvalue weighted by atomic mass is 10.1. The number of carbonyl (C=O) groups excluding carboxylic acids is 2. The summed E-state index contributed by atoms with van der Waals surface area (Å²) >= 11 is 0. The third-order valence-electron chi connectivity index (χ3n) is 5.01. The standard InChI is InChI=1S/C23H17N3O4/c27-22(18-14-21(30-25-18)20-7-4-12-29-20)24-17-8-9-19-16(13-17)10-11-26(19)23(28)15-5-2-1-3-6-15/h1-9,12-14H,10-11H2,(H,24,27). The number of hydrogen-bond acceptors (Lipinski definition) is 5. The van der Waals surface area contributed by atoms with Crippen LogP contribution in [0, 0.1) is 0 Å². The van der Waals surface area contributed by atoms with Gasteiger partial charge in [-0.05, 0) is 54.4 Å². The molecule has 0 atom stereocenters. The molecule has 30 heavy (non-hydrogen) atoms. The number of rotatable bonds is 4. The highest BCUT2D eigenvalue weighted by molar-refractivity contribution is 6.08. The van der Waals surface area contributed by atoms with Crippen molar-refractivity contribution in [1.82, 2.24) is 5.16 Å². The number of carbonyl (C=O) groups is 2. The SMILES string of the molecule is O=C(Nc1ccc2c(c1)CCN2C(=O)c1ccccc1)c1cc(-c2ccco2)on1. The van der Waals surface area contributed by atoms with E-state index in [9.17, 15) is 9.59 Å². The van der Waals surface area contributed by atoms with Gasteiger partial charge in [0.2, 0.25) is 5.76 Å². The van der Waals surface area contributed by atoms with Gasteiger partial charge in [0.15, 0.2) is 11.5 Å². The van der Waals surface area contributed by atoms with Crippen molar-refractivity contribution in [2.75, 3.05) is 16.8 Å². The van der Waals surface area contributed by atoms with E-state index in [2.05, 4.69) is 10.5 Å². The van der Waals surface area contributed by atoms with E-state index in [4.69, 9.17) is 8.94 Å². The maximum atomic E-state index is 12.8. The fraction of sp³-hybridized carbons (Fsp3) is 0.0870. The van der Waals surface area contributed by atoms with E-state index in [1.165, 1.54) is 12.3 Å². The number of furan rings is 1. The Hall–Kier alpha value is -4.13. The maximum Gasteiger partial charge on any atom is 0.277 e. The second-order valence-corrected chi connectivity index (χ2v) is 6.92. The average Bonchev–Trinajstić information content (AvgIpc) is 3.53. The summed E-state index contributed by atoms with van der Waals surface area (Å²) in [7, 11) is 0. The number of amides is 2. The highest BCUT2D eigenvalue weighted by atomic mass is 16.5. The minimum absolute atomic E-state index is 0.0285. The molecule has 0 unspecified atom stereocenters. The molecule has 7 heteroatoms. The number of benzene rings is 2. The molecule has 4 aromatic rings. The molecule has 7 nitrogen and oxygen atoms in total. The Morgan fingerprint density at radius 1 is 0.967 bits per heavy atom. The molecule has 3 heterocycles. The van der Waals surface area contributed by atoms with Gasteiger partial charge in [0.05, 0.1) is 6.26 Å². The fourth-order valence-electron chi connectivity index (χ4n) is 3.54. The van der Waals surface area contributed by atoms with Crippen LogP contribution in [0.15, 0.2) is 81.9 Å². The Bertz CT molecular complexity index is 1210. The first-order valence-electron chi connectivity index (χ1n) is 9.51. The van der Waals surface area contributed by atoms with E-state index < -0.39 is 0 Å². The van der Waals surface area contributed by atoms with Crippen molar-refractivity contribution >= 4 is 23.2 Å². The quantitative estimate of drug-likeness (QED) is 0.550. The molecule has 0 saturated heterocycles. The van der Waals surface area contributed by atoms with Crippen molar-refractivity contribution < 1.29 is 18.5 Å². The highest BCUT2D eigenvalue weighted by Gasteiger charge is 2.26. The highest BCUT2D eigenvalue weighted by Crippen LogP contribution is 2.32.